The quantitative estimate of drug-likeness (QED) is 0.913. The number of methoxy groups -OCH3 is 1. The maximum Gasteiger partial charge on any atom is 0.0805 e. The van der Waals surface area contributed by atoms with Crippen LogP contribution >= 0.6 is 0 Å². The van der Waals surface area contributed by atoms with Crippen molar-refractivity contribution in [2.24, 2.45) is 0 Å². The topological polar surface area (TPSA) is 24.5 Å². The number of rotatable bonds is 4. The second kappa shape index (κ2) is 5.84. The van der Waals surface area contributed by atoms with E-state index in [1.54, 1.807) is 0 Å². The lowest BCUT2D eigenvalue weighted by molar-refractivity contribution is -0.101. The van der Waals surface area contributed by atoms with E-state index in [0.717, 1.165) is 19.6 Å². The van der Waals surface area contributed by atoms with Crippen molar-refractivity contribution in [3.8, 4) is 0 Å². The van der Waals surface area contributed by atoms with E-state index < -0.39 is 0 Å². The SMILES string of the molecule is COC1(CN2CC(c3ccccc3)NCC2C)CCC1. The molecule has 20 heavy (non-hydrogen) atoms. The van der Waals surface area contributed by atoms with Crippen LogP contribution in [0.3, 0.4) is 0 Å². The van der Waals surface area contributed by atoms with E-state index in [-0.39, 0.29) is 5.60 Å². The molecule has 1 aromatic carbocycles. The van der Waals surface area contributed by atoms with Crippen LogP contribution in [0.2, 0.25) is 0 Å². The molecule has 1 saturated carbocycles. The van der Waals surface area contributed by atoms with Crippen LogP contribution in [0, 0.1) is 0 Å². The van der Waals surface area contributed by atoms with E-state index >= 15 is 0 Å². The fourth-order valence-electron chi connectivity index (χ4n) is 3.42. The zero-order valence-electron chi connectivity index (χ0n) is 12.6. The highest BCUT2D eigenvalue weighted by Crippen LogP contribution is 2.37. The molecule has 2 atom stereocenters. The highest BCUT2D eigenvalue weighted by Gasteiger charge is 2.40. The number of hydrogen-bond acceptors (Lipinski definition) is 3. The van der Waals surface area contributed by atoms with Gasteiger partial charge < -0.3 is 10.1 Å². The summed E-state index contributed by atoms with van der Waals surface area (Å²) >= 11 is 0. The van der Waals surface area contributed by atoms with Crippen LogP contribution in [0.25, 0.3) is 0 Å². The summed E-state index contributed by atoms with van der Waals surface area (Å²) in [6.07, 6.45) is 3.75. The third kappa shape index (κ3) is 2.76. The fourth-order valence-corrected chi connectivity index (χ4v) is 3.42. The van der Waals surface area contributed by atoms with Gasteiger partial charge in [0.2, 0.25) is 0 Å². The van der Waals surface area contributed by atoms with Crippen LogP contribution in [-0.4, -0.2) is 43.3 Å². The maximum absolute atomic E-state index is 5.80. The smallest absolute Gasteiger partial charge is 0.0805 e. The first-order chi connectivity index (χ1) is 9.72. The Hall–Kier alpha value is -0.900. The maximum atomic E-state index is 5.80. The number of benzene rings is 1. The largest absolute Gasteiger partial charge is 0.377 e. The molecule has 3 rings (SSSR count). The Morgan fingerprint density at radius 2 is 2.05 bits per heavy atom. The molecule has 0 aromatic heterocycles. The van der Waals surface area contributed by atoms with Gasteiger partial charge >= 0.3 is 0 Å². The minimum Gasteiger partial charge on any atom is -0.377 e. The van der Waals surface area contributed by atoms with E-state index in [1.807, 2.05) is 7.11 Å². The molecular weight excluding hydrogens is 248 g/mol. The second-order valence-corrected chi connectivity index (χ2v) is 6.39. The first-order valence-corrected chi connectivity index (χ1v) is 7.80. The van der Waals surface area contributed by atoms with Crippen molar-refractivity contribution >= 4 is 0 Å². The zero-order chi connectivity index (χ0) is 14.0. The Kier molecular flexibility index (Phi) is 4.11. The first kappa shape index (κ1) is 14.1. The molecule has 0 spiro atoms. The van der Waals surface area contributed by atoms with Gasteiger partial charge in [0.1, 0.15) is 0 Å². The van der Waals surface area contributed by atoms with Crippen molar-refractivity contribution in [2.45, 2.75) is 43.9 Å². The molecule has 1 heterocycles. The molecule has 3 heteroatoms. The molecule has 2 fully saturated rings. The van der Waals surface area contributed by atoms with Crippen molar-refractivity contribution in [2.75, 3.05) is 26.7 Å². The number of piperazine rings is 1. The standard InChI is InChI=1S/C17H26N2O/c1-14-11-18-16(15-7-4-3-5-8-15)12-19(14)13-17(20-2)9-6-10-17/h3-5,7-8,14,16,18H,6,9-13H2,1-2H3. The molecule has 2 aliphatic rings. The van der Waals surface area contributed by atoms with Gasteiger partial charge in [-0.25, -0.2) is 0 Å². The third-order valence-electron chi connectivity index (χ3n) is 5.09. The Bertz CT molecular complexity index is 424. The lowest BCUT2D eigenvalue weighted by Crippen LogP contribution is -2.58. The van der Waals surface area contributed by atoms with Gasteiger partial charge in [0.15, 0.2) is 0 Å². The highest BCUT2D eigenvalue weighted by molar-refractivity contribution is 5.20. The van der Waals surface area contributed by atoms with Crippen LogP contribution in [-0.2, 0) is 4.74 Å². The third-order valence-corrected chi connectivity index (χ3v) is 5.09. The molecule has 1 aromatic rings. The summed E-state index contributed by atoms with van der Waals surface area (Å²) in [5.41, 5.74) is 1.52. The first-order valence-electron chi connectivity index (χ1n) is 7.80. The summed E-state index contributed by atoms with van der Waals surface area (Å²) in [5, 5.41) is 3.67. The summed E-state index contributed by atoms with van der Waals surface area (Å²) in [4.78, 5) is 2.61. The lowest BCUT2D eigenvalue weighted by atomic mass is 9.79. The average molecular weight is 274 g/mol. The Morgan fingerprint density at radius 1 is 1.30 bits per heavy atom. The summed E-state index contributed by atoms with van der Waals surface area (Å²) in [6, 6.07) is 11.8. The van der Waals surface area contributed by atoms with E-state index in [1.165, 1.54) is 24.8 Å². The Labute approximate surface area is 122 Å². The number of nitrogens with one attached hydrogen (secondary N) is 1. The molecule has 3 nitrogen and oxygen atoms in total. The number of ether oxygens (including phenoxy) is 1. The van der Waals surface area contributed by atoms with Gasteiger partial charge in [0, 0.05) is 38.8 Å². The second-order valence-electron chi connectivity index (χ2n) is 6.39. The summed E-state index contributed by atoms with van der Waals surface area (Å²) in [5.74, 6) is 0. The predicted octanol–water partition coefficient (Wildman–Crippen LogP) is 2.59. The minimum absolute atomic E-state index is 0.132. The zero-order valence-corrected chi connectivity index (χ0v) is 12.6. The van der Waals surface area contributed by atoms with Gasteiger partial charge in [-0.1, -0.05) is 30.3 Å². The lowest BCUT2D eigenvalue weighted by Gasteiger charge is -2.48. The molecule has 0 bridgehead atoms. The van der Waals surface area contributed by atoms with Crippen molar-refractivity contribution in [1.29, 1.82) is 0 Å². The fraction of sp³-hybridized carbons (Fsp3) is 0.647. The van der Waals surface area contributed by atoms with Crippen LogP contribution < -0.4 is 5.32 Å². The van der Waals surface area contributed by atoms with Crippen molar-refractivity contribution < 1.29 is 4.74 Å². The summed E-state index contributed by atoms with van der Waals surface area (Å²) < 4.78 is 5.80. The van der Waals surface area contributed by atoms with E-state index in [9.17, 15) is 0 Å². The normalized spacial score (nSPS) is 29.9. The molecule has 1 aliphatic heterocycles. The van der Waals surface area contributed by atoms with Gasteiger partial charge in [0.05, 0.1) is 5.60 Å². The van der Waals surface area contributed by atoms with Gasteiger partial charge in [-0.3, -0.25) is 4.90 Å². The Balaban J connectivity index is 1.67. The van der Waals surface area contributed by atoms with Crippen LogP contribution in [0.5, 0.6) is 0 Å². The van der Waals surface area contributed by atoms with Crippen molar-refractivity contribution in [1.82, 2.24) is 10.2 Å². The van der Waals surface area contributed by atoms with Gasteiger partial charge in [0.25, 0.3) is 0 Å². The monoisotopic (exact) mass is 274 g/mol. The molecule has 110 valence electrons. The van der Waals surface area contributed by atoms with Crippen LogP contribution in [0.1, 0.15) is 37.8 Å². The molecule has 1 N–H and O–H groups in total. The minimum atomic E-state index is 0.132. The highest BCUT2D eigenvalue weighted by atomic mass is 16.5. The van der Waals surface area contributed by atoms with E-state index in [2.05, 4.69) is 47.5 Å². The Morgan fingerprint density at radius 3 is 2.65 bits per heavy atom. The molecule has 1 saturated heterocycles. The van der Waals surface area contributed by atoms with Gasteiger partial charge in [-0.05, 0) is 31.7 Å². The van der Waals surface area contributed by atoms with E-state index in [4.69, 9.17) is 4.74 Å². The summed E-state index contributed by atoms with van der Waals surface area (Å²) in [6.45, 7) is 5.53. The molecule has 0 radical (unpaired) electrons. The van der Waals surface area contributed by atoms with Crippen molar-refractivity contribution in [3.05, 3.63) is 35.9 Å². The van der Waals surface area contributed by atoms with Crippen LogP contribution in [0.4, 0.5) is 0 Å². The van der Waals surface area contributed by atoms with Crippen LogP contribution in [0.15, 0.2) is 30.3 Å². The molecule has 0 amide bonds. The van der Waals surface area contributed by atoms with Crippen molar-refractivity contribution in [3.63, 3.8) is 0 Å². The summed E-state index contributed by atoms with van der Waals surface area (Å²) in [7, 11) is 1.88. The molecular formula is C17H26N2O. The van der Waals surface area contributed by atoms with Gasteiger partial charge in [-0.15, -0.1) is 0 Å². The van der Waals surface area contributed by atoms with Gasteiger partial charge in [-0.2, -0.15) is 0 Å². The molecule has 2 unspecified atom stereocenters. The molecule has 1 aliphatic carbocycles. The number of hydrogen-bond donors (Lipinski definition) is 1. The predicted molar refractivity (Wildman–Crippen MR) is 81.8 cm³/mol. The number of nitrogens with zero attached hydrogens (tertiary/aromatic N) is 1. The average Bonchev–Trinajstić information content (AvgIpc) is 2.45. The van der Waals surface area contributed by atoms with E-state index in [0.29, 0.717) is 12.1 Å².